The van der Waals surface area contributed by atoms with Gasteiger partial charge in [0.2, 0.25) is 0 Å². The molecule has 0 spiro atoms. The molecular formula is C9H16N2O3. The lowest BCUT2D eigenvalue weighted by Crippen LogP contribution is -2.19. The van der Waals surface area contributed by atoms with Gasteiger partial charge in [-0.2, -0.15) is 5.16 Å². The minimum Gasteiger partial charge on any atom is -0.383 e. The van der Waals surface area contributed by atoms with Crippen LogP contribution in [-0.4, -0.2) is 12.2 Å². The van der Waals surface area contributed by atoms with E-state index in [1.807, 2.05) is 20.8 Å². The van der Waals surface area contributed by atoms with Crippen molar-refractivity contribution in [2.45, 2.75) is 32.8 Å². The molecule has 0 atom stereocenters. The van der Waals surface area contributed by atoms with Crippen LogP contribution in [0.4, 0.5) is 0 Å². The molecule has 0 fully saturated rings. The van der Waals surface area contributed by atoms with Gasteiger partial charge in [-0.3, -0.25) is 9.63 Å². The highest BCUT2D eigenvalue weighted by molar-refractivity contribution is 5.19. The van der Waals surface area contributed by atoms with Crippen molar-refractivity contribution in [3.63, 3.8) is 0 Å². The van der Waals surface area contributed by atoms with Gasteiger partial charge in [-0.05, 0) is 0 Å². The Bertz CT molecular complexity index is 346. The molecule has 0 saturated heterocycles. The Balaban J connectivity index is 3.01. The number of hydrogen-bond donors (Lipinski definition) is 2. The van der Waals surface area contributed by atoms with Crippen LogP contribution >= 0.6 is 0 Å². The smallest absolute Gasteiger partial charge is 0.285 e. The highest BCUT2D eigenvalue weighted by atomic mass is 16.6. The molecule has 0 unspecified atom stereocenters. The van der Waals surface area contributed by atoms with Crippen molar-refractivity contribution in [3.8, 4) is 0 Å². The predicted octanol–water partition coefficient (Wildman–Crippen LogP) is 0.916. The molecular weight excluding hydrogens is 184 g/mol. The summed E-state index contributed by atoms with van der Waals surface area (Å²) in [5.74, 6) is 0.637. The number of rotatable bonds is 3. The molecule has 1 rings (SSSR count). The van der Waals surface area contributed by atoms with Gasteiger partial charge in [0.05, 0.1) is 5.56 Å². The van der Waals surface area contributed by atoms with Crippen LogP contribution < -0.4 is 11.0 Å². The zero-order valence-corrected chi connectivity index (χ0v) is 8.93. The van der Waals surface area contributed by atoms with Gasteiger partial charge in [-0.15, -0.1) is 0 Å². The van der Waals surface area contributed by atoms with E-state index in [4.69, 9.17) is 9.36 Å². The highest BCUT2D eigenvalue weighted by Gasteiger charge is 2.25. The zero-order valence-electron chi connectivity index (χ0n) is 8.93. The third-order valence-electron chi connectivity index (χ3n) is 1.84. The molecule has 0 saturated carbocycles. The molecule has 0 aliphatic carbocycles. The standard InChI is InChI=1S/C9H16N2O3/c1-9(2,3)7-6(5-13-10-4)8(12)11-14-7/h10H,5H2,1-4H3,(H,11,12). The summed E-state index contributed by atoms with van der Waals surface area (Å²) in [4.78, 5) is 16.3. The van der Waals surface area contributed by atoms with Crippen LogP contribution in [0.2, 0.25) is 0 Å². The van der Waals surface area contributed by atoms with Gasteiger partial charge in [0.15, 0.2) is 0 Å². The van der Waals surface area contributed by atoms with Crippen molar-refractivity contribution in [1.82, 2.24) is 10.6 Å². The molecule has 5 nitrogen and oxygen atoms in total. The van der Waals surface area contributed by atoms with Crippen molar-refractivity contribution < 1.29 is 9.36 Å². The van der Waals surface area contributed by atoms with Gasteiger partial charge >= 0.3 is 0 Å². The molecule has 5 heteroatoms. The third-order valence-corrected chi connectivity index (χ3v) is 1.84. The Kier molecular flexibility index (Phi) is 3.13. The summed E-state index contributed by atoms with van der Waals surface area (Å²) in [5.41, 5.74) is 2.62. The Morgan fingerprint density at radius 1 is 1.50 bits per heavy atom. The molecule has 0 aliphatic rings. The van der Waals surface area contributed by atoms with E-state index in [0.29, 0.717) is 11.3 Å². The predicted molar refractivity (Wildman–Crippen MR) is 51.9 cm³/mol. The fourth-order valence-electron chi connectivity index (χ4n) is 1.20. The number of aromatic nitrogens is 1. The number of nitrogens with one attached hydrogen (secondary N) is 2. The average Bonchev–Trinajstić information content (AvgIpc) is 2.42. The first-order valence-electron chi connectivity index (χ1n) is 4.46. The lowest BCUT2D eigenvalue weighted by molar-refractivity contribution is 0.0426. The lowest BCUT2D eigenvalue weighted by atomic mass is 9.91. The minimum absolute atomic E-state index is 0.203. The molecule has 0 aromatic carbocycles. The Morgan fingerprint density at radius 3 is 2.64 bits per heavy atom. The first kappa shape index (κ1) is 11.0. The van der Waals surface area contributed by atoms with Crippen LogP contribution in [0, 0.1) is 0 Å². The minimum atomic E-state index is -0.231. The number of hydroxylamine groups is 1. The molecule has 0 bridgehead atoms. The van der Waals surface area contributed by atoms with Gasteiger partial charge in [-0.1, -0.05) is 20.8 Å². The quantitative estimate of drug-likeness (QED) is 0.712. The maximum atomic E-state index is 11.3. The number of aromatic amines is 1. The Hall–Kier alpha value is -1.07. The van der Waals surface area contributed by atoms with Crippen molar-refractivity contribution in [2.75, 3.05) is 7.05 Å². The summed E-state index contributed by atoms with van der Waals surface area (Å²) in [5, 5.41) is 2.31. The number of H-pyrrole nitrogens is 1. The molecule has 1 heterocycles. The van der Waals surface area contributed by atoms with Crippen molar-refractivity contribution in [3.05, 3.63) is 21.7 Å². The van der Waals surface area contributed by atoms with E-state index in [2.05, 4.69) is 10.6 Å². The molecule has 80 valence electrons. The first-order chi connectivity index (χ1) is 6.46. The summed E-state index contributed by atoms with van der Waals surface area (Å²) >= 11 is 0. The summed E-state index contributed by atoms with van der Waals surface area (Å²) in [6.45, 7) is 6.13. The molecule has 0 amide bonds. The van der Waals surface area contributed by atoms with Crippen LogP contribution in [-0.2, 0) is 16.9 Å². The second-order valence-electron chi connectivity index (χ2n) is 4.08. The largest absolute Gasteiger partial charge is 0.383 e. The van der Waals surface area contributed by atoms with E-state index < -0.39 is 0 Å². The lowest BCUT2D eigenvalue weighted by Gasteiger charge is -2.15. The number of hydrogen-bond acceptors (Lipinski definition) is 4. The van der Waals surface area contributed by atoms with Crippen LogP contribution in [0.15, 0.2) is 9.32 Å². The van der Waals surface area contributed by atoms with Gasteiger partial charge < -0.3 is 4.52 Å². The molecule has 1 aromatic heterocycles. The van der Waals surface area contributed by atoms with E-state index in [0.717, 1.165) is 0 Å². The maximum absolute atomic E-state index is 11.3. The van der Waals surface area contributed by atoms with Crippen LogP contribution in [0.25, 0.3) is 0 Å². The molecule has 14 heavy (non-hydrogen) atoms. The first-order valence-corrected chi connectivity index (χ1v) is 4.46. The monoisotopic (exact) mass is 200 g/mol. The molecule has 0 radical (unpaired) electrons. The summed E-state index contributed by atoms with van der Waals surface area (Å²) in [6, 6.07) is 0. The molecule has 1 aromatic rings. The van der Waals surface area contributed by atoms with E-state index >= 15 is 0 Å². The van der Waals surface area contributed by atoms with Gasteiger partial charge in [0.25, 0.3) is 5.56 Å². The zero-order chi connectivity index (χ0) is 10.8. The topological polar surface area (TPSA) is 67.3 Å². The van der Waals surface area contributed by atoms with Crippen molar-refractivity contribution in [1.29, 1.82) is 0 Å². The van der Waals surface area contributed by atoms with Crippen molar-refractivity contribution >= 4 is 0 Å². The summed E-state index contributed by atoms with van der Waals surface area (Å²) < 4.78 is 5.11. The summed E-state index contributed by atoms with van der Waals surface area (Å²) in [7, 11) is 1.64. The third kappa shape index (κ3) is 2.24. The van der Waals surface area contributed by atoms with E-state index in [1.54, 1.807) is 7.05 Å². The Labute approximate surface area is 82.4 Å². The second-order valence-corrected chi connectivity index (χ2v) is 4.08. The Morgan fingerprint density at radius 2 is 2.14 bits per heavy atom. The normalized spacial score (nSPS) is 12.0. The van der Waals surface area contributed by atoms with E-state index in [9.17, 15) is 4.79 Å². The SMILES string of the molecule is CNOCc1c(C(C)(C)C)o[nH]c1=O. The molecule has 0 aliphatic heterocycles. The van der Waals surface area contributed by atoms with E-state index in [1.165, 1.54) is 0 Å². The van der Waals surface area contributed by atoms with Gasteiger partial charge in [0.1, 0.15) is 12.4 Å². The van der Waals surface area contributed by atoms with Crippen LogP contribution in [0.5, 0.6) is 0 Å². The fourth-order valence-corrected chi connectivity index (χ4v) is 1.20. The highest BCUT2D eigenvalue weighted by Crippen LogP contribution is 2.23. The fraction of sp³-hybridized carbons (Fsp3) is 0.667. The average molecular weight is 200 g/mol. The van der Waals surface area contributed by atoms with Gasteiger partial charge in [-0.25, -0.2) is 5.48 Å². The second kappa shape index (κ2) is 3.98. The van der Waals surface area contributed by atoms with Crippen LogP contribution in [0.1, 0.15) is 32.1 Å². The maximum Gasteiger partial charge on any atom is 0.285 e. The van der Waals surface area contributed by atoms with E-state index in [-0.39, 0.29) is 17.6 Å². The van der Waals surface area contributed by atoms with Crippen molar-refractivity contribution in [2.24, 2.45) is 0 Å². The van der Waals surface area contributed by atoms with Crippen LogP contribution in [0.3, 0.4) is 0 Å². The van der Waals surface area contributed by atoms with Gasteiger partial charge in [0, 0.05) is 12.5 Å². The summed E-state index contributed by atoms with van der Waals surface area (Å²) in [6.07, 6.45) is 0. The molecule has 2 N–H and O–H groups in total.